The maximum absolute atomic E-state index is 13.1. The highest BCUT2D eigenvalue weighted by Gasteiger charge is 2.35. The van der Waals surface area contributed by atoms with Gasteiger partial charge in [0.25, 0.3) is 11.6 Å². The summed E-state index contributed by atoms with van der Waals surface area (Å²) in [6.07, 6.45) is 2.10. The van der Waals surface area contributed by atoms with E-state index in [1.54, 1.807) is 25.1 Å². The number of rotatable bonds is 7. The molecule has 6 nitrogen and oxygen atoms in total. The normalized spacial score (nSPS) is 14.6. The molecule has 1 atom stereocenters. The number of nitro benzene ring substituents is 1. The fourth-order valence-electron chi connectivity index (χ4n) is 3.16. The molecule has 0 heterocycles. The number of nitrogens with one attached hydrogen (secondary N) is 2. The van der Waals surface area contributed by atoms with Crippen molar-refractivity contribution in [3.63, 3.8) is 0 Å². The van der Waals surface area contributed by atoms with Crippen LogP contribution in [0.4, 0.5) is 15.8 Å². The van der Waals surface area contributed by atoms with E-state index in [2.05, 4.69) is 5.32 Å². The molecule has 1 amide bonds. The van der Waals surface area contributed by atoms with E-state index >= 15 is 0 Å². The molecule has 0 aliphatic heterocycles. The summed E-state index contributed by atoms with van der Waals surface area (Å²) in [5.41, 5.74) is 2.78. The van der Waals surface area contributed by atoms with Crippen LogP contribution in [0.1, 0.15) is 29.5 Å². The number of carbonyl (C=O) groups excluding carboxylic acids is 1. The van der Waals surface area contributed by atoms with Gasteiger partial charge in [-0.2, -0.15) is 0 Å². The molecule has 1 aliphatic rings. The summed E-state index contributed by atoms with van der Waals surface area (Å²) in [5, 5.41) is 14.0. The van der Waals surface area contributed by atoms with Crippen LogP contribution in [-0.4, -0.2) is 23.4 Å². The predicted molar refractivity (Wildman–Crippen MR) is 100 cm³/mol. The highest BCUT2D eigenvalue weighted by molar-refractivity contribution is 5.94. The van der Waals surface area contributed by atoms with Crippen molar-refractivity contribution in [2.24, 2.45) is 0 Å². The maximum Gasteiger partial charge on any atom is 0.293 e. The largest absolute Gasteiger partial charge is 0.321 e. The zero-order chi connectivity index (χ0) is 19.6. The highest BCUT2D eigenvalue weighted by Crippen LogP contribution is 2.27. The van der Waals surface area contributed by atoms with Crippen molar-refractivity contribution in [1.29, 1.82) is 0 Å². The molecule has 0 radical (unpaired) electrons. The number of carbonyl (C=O) groups is 1. The predicted octanol–water partition coefficient (Wildman–Crippen LogP) is 2.54. The molecule has 1 saturated carbocycles. The minimum absolute atomic E-state index is 0.0991. The van der Waals surface area contributed by atoms with Gasteiger partial charge in [0.1, 0.15) is 18.0 Å². The van der Waals surface area contributed by atoms with Gasteiger partial charge in [-0.1, -0.05) is 12.1 Å². The molecular weight excluding hydrogens is 349 g/mol. The topological polar surface area (TPSA) is 76.7 Å². The standard InChI is InChI=1S/C20H22FN3O3/c1-13-9-18(19(24(26)27)10-14(13)2)22-20(25)12-23(17-7-8-17)11-15-3-5-16(21)6-4-15/h3-6,9-10,17H,7-8,11-12H2,1-2H3,(H,22,25)/p+1. The number of amides is 1. The smallest absolute Gasteiger partial charge is 0.293 e. The van der Waals surface area contributed by atoms with E-state index in [-0.39, 0.29) is 29.6 Å². The molecule has 0 aromatic heterocycles. The molecule has 2 N–H and O–H groups in total. The first-order valence-electron chi connectivity index (χ1n) is 8.98. The van der Waals surface area contributed by atoms with Crippen LogP contribution >= 0.6 is 0 Å². The summed E-state index contributed by atoms with van der Waals surface area (Å²) in [7, 11) is 0. The van der Waals surface area contributed by atoms with Gasteiger partial charge in [0, 0.05) is 24.5 Å². The van der Waals surface area contributed by atoms with Crippen LogP contribution < -0.4 is 10.2 Å². The molecular formula is C20H23FN3O3+. The second-order valence-electron chi connectivity index (χ2n) is 7.17. The zero-order valence-electron chi connectivity index (χ0n) is 15.4. The van der Waals surface area contributed by atoms with Crippen LogP contribution in [0.15, 0.2) is 36.4 Å². The van der Waals surface area contributed by atoms with E-state index in [9.17, 15) is 19.3 Å². The molecule has 27 heavy (non-hydrogen) atoms. The second kappa shape index (κ2) is 7.84. The average molecular weight is 372 g/mol. The molecule has 142 valence electrons. The third kappa shape index (κ3) is 4.89. The fraction of sp³-hybridized carbons (Fsp3) is 0.350. The molecule has 1 fully saturated rings. The van der Waals surface area contributed by atoms with Crippen molar-refractivity contribution >= 4 is 17.3 Å². The summed E-state index contributed by atoms with van der Waals surface area (Å²) in [6.45, 7) is 4.49. The van der Waals surface area contributed by atoms with Crippen molar-refractivity contribution in [2.45, 2.75) is 39.3 Å². The third-order valence-electron chi connectivity index (χ3n) is 4.97. The quantitative estimate of drug-likeness (QED) is 0.579. The Balaban J connectivity index is 1.71. The SMILES string of the molecule is Cc1cc(NC(=O)C[NH+](Cc2ccc(F)cc2)C2CC2)c([N+](=O)[O-])cc1C. The van der Waals surface area contributed by atoms with E-state index in [0.717, 1.165) is 34.4 Å². The fourth-order valence-corrected chi connectivity index (χ4v) is 3.16. The number of hydrogen-bond donors (Lipinski definition) is 2. The van der Waals surface area contributed by atoms with Gasteiger partial charge in [0.05, 0.1) is 11.0 Å². The second-order valence-corrected chi connectivity index (χ2v) is 7.17. The number of quaternary nitrogens is 1. The molecule has 1 unspecified atom stereocenters. The van der Waals surface area contributed by atoms with Gasteiger partial charge in [-0.05, 0) is 43.2 Å². The Kier molecular flexibility index (Phi) is 5.51. The molecule has 1 aliphatic carbocycles. The Morgan fingerprint density at radius 3 is 2.44 bits per heavy atom. The number of nitrogens with zero attached hydrogens (tertiary/aromatic N) is 1. The van der Waals surface area contributed by atoms with E-state index in [0.29, 0.717) is 12.6 Å². The maximum atomic E-state index is 13.1. The number of nitro groups is 1. The number of aryl methyl sites for hydroxylation is 2. The van der Waals surface area contributed by atoms with Crippen molar-refractivity contribution < 1.29 is 19.0 Å². The lowest BCUT2D eigenvalue weighted by atomic mass is 10.1. The van der Waals surface area contributed by atoms with E-state index in [1.165, 1.54) is 18.2 Å². The van der Waals surface area contributed by atoms with Gasteiger partial charge >= 0.3 is 0 Å². The molecule has 3 rings (SSSR count). The van der Waals surface area contributed by atoms with Gasteiger partial charge in [-0.3, -0.25) is 14.9 Å². The van der Waals surface area contributed by atoms with E-state index < -0.39 is 4.92 Å². The Bertz CT molecular complexity index is 864. The molecule has 0 spiro atoms. The first-order chi connectivity index (χ1) is 12.8. The van der Waals surface area contributed by atoms with Crippen LogP contribution in [0.2, 0.25) is 0 Å². The lowest BCUT2D eigenvalue weighted by Crippen LogP contribution is -3.13. The number of halogens is 1. The summed E-state index contributed by atoms with van der Waals surface area (Å²) in [5.74, 6) is -0.545. The van der Waals surface area contributed by atoms with Crippen molar-refractivity contribution in [3.05, 3.63) is 69.0 Å². The number of hydrogen-bond acceptors (Lipinski definition) is 3. The lowest BCUT2D eigenvalue weighted by Gasteiger charge is -2.19. The Labute approximate surface area is 157 Å². The summed E-state index contributed by atoms with van der Waals surface area (Å²) in [4.78, 5) is 24.5. The van der Waals surface area contributed by atoms with Crippen molar-refractivity contribution in [2.75, 3.05) is 11.9 Å². The highest BCUT2D eigenvalue weighted by atomic mass is 19.1. The first-order valence-corrected chi connectivity index (χ1v) is 8.98. The molecule has 0 saturated heterocycles. The summed E-state index contributed by atoms with van der Waals surface area (Å²) >= 11 is 0. The average Bonchev–Trinajstić information content (AvgIpc) is 3.44. The van der Waals surface area contributed by atoms with Crippen LogP contribution in [-0.2, 0) is 11.3 Å². The molecule has 7 heteroatoms. The van der Waals surface area contributed by atoms with Gasteiger partial charge in [0.2, 0.25) is 0 Å². The first kappa shape index (κ1) is 19.0. The Morgan fingerprint density at radius 1 is 1.22 bits per heavy atom. The van der Waals surface area contributed by atoms with Gasteiger partial charge in [-0.25, -0.2) is 4.39 Å². The third-order valence-corrected chi connectivity index (χ3v) is 4.97. The van der Waals surface area contributed by atoms with Crippen LogP contribution in [0.3, 0.4) is 0 Å². The monoisotopic (exact) mass is 372 g/mol. The molecule has 0 bridgehead atoms. The van der Waals surface area contributed by atoms with Crippen molar-refractivity contribution in [3.8, 4) is 0 Å². The van der Waals surface area contributed by atoms with E-state index in [4.69, 9.17) is 0 Å². The summed E-state index contributed by atoms with van der Waals surface area (Å²) in [6, 6.07) is 9.80. The Morgan fingerprint density at radius 2 is 1.85 bits per heavy atom. The lowest BCUT2D eigenvalue weighted by molar-refractivity contribution is -0.916. The minimum atomic E-state index is -0.480. The number of benzene rings is 2. The van der Waals surface area contributed by atoms with Gasteiger partial charge in [0.15, 0.2) is 6.54 Å². The van der Waals surface area contributed by atoms with Gasteiger partial charge in [-0.15, -0.1) is 0 Å². The van der Waals surface area contributed by atoms with Crippen molar-refractivity contribution in [1.82, 2.24) is 0 Å². The zero-order valence-corrected chi connectivity index (χ0v) is 15.4. The van der Waals surface area contributed by atoms with E-state index in [1.807, 2.05) is 6.92 Å². The van der Waals surface area contributed by atoms with Crippen LogP contribution in [0.5, 0.6) is 0 Å². The minimum Gasteiger partial charge on any atom is -0.321 e. The molecule has 2 aromatic carbocycles. The van der Waals surface area contributed by atoms with Crippen LogP contribution in [0.25, 0.3) is 0 Å². The Hall–Kier alpha value is -2.80. The number of anilines is 1. The van der Waals surface area contributed by atoms with Gasteiger partial charge < -0.3 is 10.2 Å². The van der Waals surface area contributed by atoms with Crippen LogP contribution in [0, 0.1) is 29.8 Å². The summed E-state index contributed by atoms with van der Waals surface area (Å²) < 4.78 is 13.1. The molecule has 2 aromatic rings.